The van der Waals surface area contributed by atoms with E-state index in [1.807, 2.05) is 19.0 Å². The van der Waals surface area contributed by atoms with Gasteiger partial charge in [-0.3, -0.25) is 4.90 Å². The van der Waals surface area contributed by atoms with Crippen LogP contribution in [-0.4, -0.2) is 73.1 Å². The van der Waals surface area contributed by atoms with Crippen LogP contribution in [0.25, 0.3) is 0 Å². The molecule has 0 aliphatic carbocycles. The van der Waals surface area contributed by atoms with Crippen molar-refractivity contribution in [2.75, 3.05) is 53.5 Å². The third-order valence-electron chi connectivity index (χ3n) is 2.30. The largest absolute Gasteiger partial charge is 0.694 e. The quantitative estimate of drug-likeness (QED) is 0.504. The van der Waals surface area contributed by atoms with Gasteiger partial charge in [0.25, 0.3) is 0 Å². The van der Waals surface area contributed by atoms with Gasteiger partial charge in [-0.2, -0.15) is 0 Å². The Kier molecular flexibility index (Phi) is 11.7. The maximum absolute atomic E-state index is 10.4. The van der Waals surface area contributed by atoms with Crippen molar-refractivity contribution in [2.45, 2.75) is 6.42 Å². The zero-order chi connectivity index (χ0) is 14.7. The summed E-state index contributed by atoms with van der Waals surface area (Å²) in [5.74, 6) is 0. The molecule has 0 aliphatic rings. The molecule has 0 bridgehead atoms. The first kappa shape index (κ1) is 19.0. The molecule has 0 aromatic rings. The molecule has 0 fully saturated rings. The molecule has 19 heavy (non-hydrogen) atoms. The predicted molar refractivity (Wildman–Crippen MR) is 71.2 cm³/mol. The van der Waals surface area contributed by atoms with Crippen molar-refractivity contribution in [1.82, 2.24) is 9.80 Å². The van der Waals surface area contributed by atoms with E-state index in [1.54, 1.807) is 0 Å². The maximum atomic E-state index is 10.4. The maximum Gasteiger partial charge on any atom is 0.694 e. The van der Waals surface area contributed by atoms with Gasteiger partial charge in [0.1, 0.15) is 13.2 Å². The Hall–Kier alpha value is -0.0400. The van der Waals surface area contributed by atoms with Crippen LogP contribution in [0, 0.1) is 0 Å². The van der Waals surface area contributed by atoms with E-state index >= 15 is 0 Å². The molecule has 0 aromatic heterocycles. The summed E-state index contributed by atoms with van der Waals surface area (Å²) in [5.41, 5.74) is 0. The highest BCUT2D eigenvalue weighted by molar-refractivity contribution is 7.32. The minimum Gasteiger partial charge on any atom is -0.309 e. The van der Waals surface area contributed by atoms with Gasteiger partial charge in [-0.05, 0) is 33.6 Å². The topological polar surface area (TPSA) is 99.5 Å². The average molecular weight is 316 g/mol. The van der Waals surface area contributed by atoms with Gasteiger partial charge < -0.3 is 4.90 Å². The average Bonchev–Trinajstić information content (AvgIpc) is 2.26. The number of nitrogens with zero attached hydrogens (tertiary/aromatic N) is 2. The van der Waals surface area contributed by atoms with Gasteiger partial charge in [-0.15, -0.1) is 18.8 Å². The van der Waals surface area contributed by atoms with Gasteiger partial charge in [0.2, 0.25) is 0 Å². The second-order valence-corrected chi connectivity index (χ2v) is 5.61. The lowest BCUT2D eigenvalue weighted by Crippen LogP contribution is -2.32. The Labute approximate surface area is 115 Å². The molecule has 0 aliphatic heterocycles. The third kappa shape index (κ3) is 14.2. The highest BCUT2D eigenvalue weighted by atomic mass is 31.1. The van der Waals surface area contributed by atoms with Crippen LogP contribution in [0.3, 0.4) is 0 Å². The van der Waals surface area contributed by atoms with Crippen molar-refractivity contribution in [3.8, 4) is 0 Å². The highest BCUT2D eigenvalue weighted by Crippen LogP contribution is 2.15. The molecule has 2 atom stereocenters. The third-order valence-corrected chi connectivity index (χ3v) is 3.11. The summed E-state index contributed by atoms with van der Waals surface area (Å²) in [6.45, 7) is 2.90. The van der Waals surface area contributed by atoms with Crippen LogP contribution in [-0.2, 0) is 18.2 Å². The first-order chi connectivity index (χ1) is 8.91. The van der Waals surface area contributed by atoms with Crippen LogP contribution in [0.1, 0.15) is 6.42 Å². The molecule has 2 N–H and O–H groups in total. The first-order valence-electron chi connectivity index (χ1n) is 5.87. The summed E-state index contributed by atoms with van der Waals surface area (Å²) in [5, 5.41) is 0. The Morgan fingerprint density at radius 1 is 0.895 bits per heavy atom. The highest BCUT2D eigenvalue weighted by Gasteiger charge is 2.16. The van der Waals surface area contributed by atoms with E-state index < -0.39 is 16.5 Å². The van der Waals surface area contributed by atoms with Crippen molar-refractivity contribution in [2.24, 2.45) is 0 Å². The van der Waals surface area contributed by atoms with Gasteiger partial charge in [-0.25, -0.2) is 0 Å². The summed E-state index contributed by atoms with van der Waals surface area (Å²) in [6, 6.07) is 0. The Morgan fingerprint density at radius 3 is 1.74 bits per heavy atom. The molecule has 8 nitrogen and oxygen atoms in total. The molecule has 112 valence electrons. The van der Waals surface area contributed by atoms with Crippen LogP contribution in [0.2, 0.25) is 0 Å². The fraction of sp³-hybridized carbons (Fsp3) is 1.00. The van der Waals surface area contributed by atoms with E-state index in [0.717, 1.165) is 19.5 Å². The van der Waals surface area contributed by atoms with Gasteiger partial charge in [0, 0.05) is 22.2 Å². The molecule has 0 heterocycles. The van der Waals surface area contributed by atoms with Crippen molar-refractivity contribution in [3.05, 3.63) is 0 Å². The number of hydrogen-bond acceptors (Lipinski definition) is 6. The standard InChI is InChI=1S/C9H20N2O6P2/c1-10(2)4-3-5-11(6-8-16-18(12)13)7-9-17-19(14)15/h3-9H2,1-2H3/p+2. The van der Waals surface area contributed by atoms with Crippen molar-refractivity contribution in [1.29, 1.82) is 0 Å². The summed E-state index contributed by atoms with van der Waals surface area (Å²) in [7, 11) is -1.21. The predicted octanol–water partition coefficient (Wildman–Crippen LogP) is 0.573. The minimum atomic E-state index is -2.58. The molecule has 2 unspecified atom stereocenters. The summed E-state index contributed by atoms with van der Waals surface area (Å²) >= 11 is 0. The van der Waals surface area contributed by atoms with E-state index in [1.165, 1.54) is 0 Å². The fourth-order valence-corrected chi connectivity index (χ4v) is 1.92. The van der Waals surface area contributed by atoms with E-state index in [4.69, 9.17) is 9.79 Å². The monoisotopic (exact) mass is 316 g/mol. The summed E-state index contributed by atoms with van der Waals surface area (Å²) in [4.78, 5) is 21.1. The van der Waals surface area contributed by atoms with Crippen molar-refractivity contribution in [3.63, 3.8) is 0 Å². The molecule has 0 radical (unpaired) electrons. The van der Waals surface area contributed by atoms with Gasteiger partial charge in [0.05, 0.1) is 0 Å². The van der Waals surface area contributed by atoms with Crippen LogP contribution < -0.4 is 0 Å². The second-order valence-electron chi connectivity index (χ2n) is 4.14. The fourth-order valence-electron chi connectivity index (χ4n) is 1.44. The lowest BCUT2D eigenvalue weighted by Gasteiger charge is -2.20. The van der Waals surface area contributed by atoms with Crippen LogP contribution in [0.15, 0.2) is 0 Å². The zero-order valence-corrected chi connectivity index (χ0v) is 13.1. The van der Waals surface area contributed by atoms with Crippen LogP contribution >= 0.6 is 16.5 Å². The smallest absolute Gasteiger partial charge is 0.309 e. The molecule has 0 rings (SSSR count). The molecule has 0 saturated heterocycles. The van der Waals surface area contributed by atoms with Crippen LogP contribution in [0.5, 0.6) is 0 Å². The van der Waals surface area contributed by atoms with Crippen molar-refractivity contribution < 1.29 is 28.0 Å². The molecule has 0 spiro atoms. The lowest BCUT2D eigenvalue weighted by molar-refractivity contribution is 0.166. The second kappa shape index (κ2) is 11.8. The Balaban J connectivity index is 3.91. The van der Waals surface area contributed by atoms with E-state index in [2.05, 4.69) is 13.9 Å². The summed E-state index contributed by atoms with van der Waals surface area (Å²) in [6.07, 6.45) is 0.920. The van der Waals surface area contributed by atoms with E-state index in [-0.39, 0.29) is 13.2 Å². The van der Waals surface area contributed by atoms with Gasteiger partial charge in [0.15, 0.2) is 0 Å². The SMILES string of the molecule is CN(C)CCCN(CCO[P+](=O)O)CCO[P+](=O)O. The molecular weight excluding hydrogens is 294 g/mol. The normalized spacial score (nSPS) is 13.2. The number of hydrogen-bond donors (Lipinski definition) is 2. The van der Waals surface area contributed by atoms with E-state index in [0.29, 0.717) is 13.1 Å². The molecule has 0 saturated carbocycles. The van der Waals surface area contributed by atoms with Gasteiger partial charge >= 0.3 is 16.5 Å². The first-order valence-corrected chi connectivity index (χ1v) is 8.13. The summed E-state index contributed by atoms with van der Waals surface area (Å²) < 4.78 is 30.0. The molecular formula is C9H22N2O6P2+2. The van der Waals surface area contributed by atoms with Crippen molar-refractivity contribution >= 4 is 16.5 Å². The Bertz CT molecular complexity index is 259. The van der Waals surface area contributed by atoms with Crippen LogP contribution in [0.4, 0.5) is 0 Å². The minimum absolute atomic E-state index is 0.138. The number of rotatable bonds is 12. The Morgan fingerprint density at radius 2 is 1.37 bits per heavy atom. The molecule has 10 heteroatoms. The lowest BCUT2D eigenvalue weighted by atomic mass is 10.3. The molecule has 0 amide bonds. The molecule has 0 aromatic carbocycles. The van der Waals surface area contributed by atoms with E-state index in [9.17, 15) is 9.13 Å². The zero-order valence-electron chi connectivity index (χ0n) is 11.3. The van der Waals surface area contributed by atoms with Gasteiger partial charge in [-0.1, -0.05) is 0 Å².